The van der Waals surface area contributed by atoms with Crippen LogP contribution >= 0.6 is 0 Å². The van der Waals surface area contributed by atoms with Crippen LogP contribution in [-0.4, -0.2) is 18.1 Å². The van der Waals surface area contributed by atoms with E-state index >= 15 is 0 Å². The number of nitrogens with two attached hydrogens (primary N) is 1. The van der Waals surface area contributed by atoms with Gasteiger partial charge in [-0.2, -0.15) is 0 Å². The molecule has 0 radical (unpaired) electrons. The van der Waals surface area contributed by atoms with Gasteiger partial charge in [0.1, 0.15) is 11.6 Å². The van der Waals surface area contributed by atoms with Gasteiger partial charge in [-0.1, -0.05) is 51.2 Å². The van der Waals surface area contributed by atoms with E-state index in [9.17, 15) is 9.59 Å². The summed E-state index contributed by atoms with van der Waals surface area (Å²) in [5, 5.41) is 0. The maximum atomic E-state index is 11.5. The van der Waals surface area contributed by atoms with Gasteiger partial charge in [0.05, 0.1) is 6.42 Å². The molecule has 0 aliphatic heterocycles. The highest BCUT2D eigenvalue weighted by molar-refractivity contribution is 5.99. The van der Waals surface area contributed by atoms with Gasteiger partial charge in [-0.25, -0.2) is 0 Å². The van der Waals surface area contributed by atoms with Crippen molar-refractivity contribution in [2.75, 3.05) is 6.54 Å². The second-order valence-corrected chi connectivity index (χ2v) is 5.38. The van der Waals surface area contributed by atoms with Gasteiger partial charge in [0, 0.05) is 12.8 Å². The Hall–Kier alpha value is -0.960. The lowest BCUT2D eigenvalue weighted by Crippen LogP contribution is -2.09. The van der Waals surface area contributed by atoms with Crippen molar-refractivity contribution >= 4 is 11.6 Å². The standard InChI is InChI=1S/C17H31NO2/c1-2-3-4-5-6-7-8-9-10-12-16(19)15-17(20)13-11-14-18/h9-10H,2-8,11-15,18H2,1H3/b10-9-. The van der Waals surface area contributed by atoms with E-state index in [1.54, 1.807) is 0 Å². The van der Waals surface area contributed by atoms with Crippen LogP contribution in [0.25, 0.3) is 0 Å². The summed E-state index contributed by atoms with van der Waals surface area (Å²) in [6, 6.07) is 0. The summed E-state index contributed by atoms with van der Waals surface area (Å²) >= 11 is 0. The van der Waals surface area contributed by atoms with Crippen LogP contribution in [0.2, 0.25) is 0 Å². The summed E-state index contributed by atoms with van der Waals surface area (Å²) in [4.78, 5) is 22.9. The number of hydrogen-bond acceptors (Lipinski definition) is 3. The fourth-order valence-electron chi connectivity index (χ4n) is 2.05. The molecule has 0 aliphatic rings. The fourth-order valence-corrected chi connectivity index (χ4v) is 2.05. The molecule has 0 bridgehead atoms. The van der Waals surface area contributed by atoms with E-state index < -0.39 is 0 Å². The number of ketones is 2. The van der Waals surface area contributed by atoms with E-state index in [0.29, 0.717) is 25.8 Å². The third-order valence-electron chi connectivity index (χ3n) is 3.29. The summed E-state index contributed by atoms with van der Waals surface area (Å²) in [6.07, 6.45) is 14.3. The Kier molecular flexibility index (Phi) is 13.8. The van der Waals surface area contributed by atoms with Crippen molar-refractivity contribution in [3.8, 4) is 0 Å². The summed E-state index contributed by atoms with van der Waals surface area (Å²) in [5.41, 5.74) is 5.32. The molecule has 0 saturated carbocycles. The van der Waals surface area contributed by atoms with Gasteiger partial charge in [0.25, 0.3) is 0 Å². The molecule has 0 atom stereocenters. The molecule has 0 aromatic carbocycles. The van der Waals surface area contributed by atoms with E-state index in [0.717, 1.165) is 6.42 Å². The highest BCUT2D eigenvalue weighted by atomic mass is 16.1. The molecule has 3 nitrogen and oxygen atoms in total. The molecule has 0 unspecified atom stereocenters. The number of rotatable bonds is 14. The molecule has 116 valence electrons. The zero-order chi connectivity index (χ0) is 15.1. The van der Waals surface area contributed by atoms with Crippen LogP contribution in [-0.2, 0) is 9.59 Å². The first kappa shape index (κ1) is 19.0. The molecule has 20 heavy (non-hydrogen) atoms. The fraction of sp³-hybridized carbons (Fsp3) is 0.765. The second-order valence-electron chi connectivity index (χ2n) is 5.38. The molecule has 3 heteroatoms. The van der Waals surface area contributed by atoms with Crippen LogP contribution in [0, 0.1) is 0 Å². The minimum atomic E-state index is 0.0183. The summed E-state index contributed by atoms with van der Waals surface area (Å²) in [5.74, 6) is 0.0380. The maximum absolute atomic E-state index is 11.5. The minimum Gasteiger partial charge on any atom is -0.330 e. The Morgan fingerprint density at radius 2 is 1.60 bits per heavy atom. The average Bonchev–Trinajstić information content (AvgIpc) is 2.43. The summed E-state index contributed by atoms with van der Waals surface area (Å²) < 4.78 is 0. The third kappa shape index (κ3) is 13.5. The van der Waals surface area contributed by atoms with Gasteiger partial charge >= 0.3 is 0 Å². The Morgan fingerprint density at radius 3 is 2.30 bits per heavy atom. The van der Waals surface area contributed by atoms with Crippen molar-refractivity contribution in [1.29, 1.82) is 0 Å². The molecule has 0 amide bonds. The summed E-state index contributed by atoms with van der Waals surface area (Å²) in [7, 11) is 0. The normalized spacial score (nSPS) is 11.1. The zero-order valence-electron chi connectivity index (χ0n) is 13.0. The van der Waals surface area contributed by atoms with Gasteiger partial charge < -0.3 is 5.73 Å². The molecule has 0 heterocycles. The quantitative estimate of drug-likeness (QED) is 0.298. The number of Topliss-reactive ketones (excluding diaryl/α,β-unsaturated/α-hetero) is 2. The molecule has 0 spiro atoms. The van der Waals surface area contributed by atoms with E-state index in [1.807, 2.05) is 6.08 Å². The lowest BCUT2D eigenvalue weighted by Gasteiger charge is -1.98. The number of allylic oxidation sites excluding steroid dienone is 2. The molecule has 0 aromatic rings. The second kappa shape index (κ2) is 14.4. The predicted octanol–water partition coefficient (Wildman–Crippen LogP) is 3.95. The average molecular weight is 281 g/mol. The van der Waals surface area contributed by atoms with Crippen LogP contribution < -0.4 is 5.73 Å². The first-order valence-corrected chi connectivity index (χ1v) is 8.09. The lowest BCUT2D eigenvalue weighted by atomic mass is 10.1. The maximum Gasteiger partial charge on any atom is 0.143 e. The van der Waals surface area contributed by atoms with Crippen molar-refractivity contribution in [3.63, 3.8) is 0 Å². The highest BCUT2D eigenvalue weighted by Gasteiger charge is 2.07. The van der Waals surface area contributed by atoms with E-state index in [-0.39, 0.29) is 18.0 Å². The van der Waals surface area contributed by atoms with E-state index in [4.69, 9.17) is 5.73 Å². The van der Waals surface area contributed by atoms with Gasteiger partial charge in [-0.05, 0) is 25.8 Å². The van der Waals surface area contributed by atoms with Crippen LogP contribution in [0.15, 0.2) is 12.2 Å². The molecule has 0 aromatic heterocycles. The topological polar surface area (TPSA) is 60.2 Å². The third-order valence-corrected chi connectivity index (χ3v) is 3.29. The molecule has 0 aliphatic carbocycles. The minimum absolute atomic E-state index is 0.0183. The largest absolute Gasteiger partial charge is 0.330 e. The Labute approximate surface area is 124 Å². The SMILES string of the molecule is CCCCCCCC/C=C\CC(=O)CC(=O)CCCN. The van der Waals surface area contributed by atoms with Crippen LogP contribution in [0.1, 0.15) is 77.6 Å². The van der Waals surface area contributed by atoms with Crippen molar-refractivity contribution in [3.05, 3.63) is 12.2 Å². The molecule has 0 fully saturated rings. The van der Waals surface area contributed by atoms with Crippen LogP contribution in [0.3, 0.4) is 0 Å². The lowest BCUT2D eigenvalue weighted by molar-refractivity contribution is -0.126. The number of hydrogen-bond donors (Lipinski definition) is 1. The van der Waals surface area contributed by atoms with Gasteiger partial charge in [-0.15, -0.1) is 0 Å². The molecule has 0 saturated heterocycles. The van der Waals surface area contributed by atoms with Gasteiger partial charge in [0.15, 0.2) is 0 Å². The Morgan fingerprint density at radius 1 is 0.900 bits per heavy atom. The van der Waals surface area contributed by atoms with Crippen LogP contribution in [0.5, 0.6) is 0 Å². The smallest absolute Gasteiger partial charge is 0.143 e. The number of carbonyl (C=O) groups is 2. The molecule has 2 N–H and O–H groups in total. The number of unbranched alkanes of at least 4 members (excludes halogenated alkanes) is 6. The van der Waals surface area contributed by atoms with Crippen molar-refractivity contribution < 1.29 is 9.59 Å². The molecular weight excluding hydrogens is 250 g/mol. The van der Waals surface area contributed by atoms with Crippen molar-refractivity contribution in [1.82, 2.24) is 0 Å². The van der Waals surface area contributed by atoms with Crippen LogP contribution in [0.4, 0.5) is 0 Å². The predicted molar refractivity (Wildman–Crippen MR) is 84.7 cm³/mol. The van der Waals surface area contributed by atoms with Crippen molar-refractivity contribution in [2.24, 2.45) is 5.73 Å². The Bertz CT molecular complexity index is 285. The first-order chi connectivity index (χ1) is 9.70. The van der Waals surface area contributed by atoms with E-state index in [1.165, 1.54) is 38.5 Å². The van der Waals surface area contributed by atoms with E-state index in [2.05, 4.69) is 13.0 Å². The number of carbonyl (C=O) groups excluding carboxylic acids is 2. The molecular formula is C17H31NO2. The zero-order valence-corrected chi connectivity index (χ0v) is 13.0. The van der Waals surface area contributed by atoms with Crippen molar-refractivity contribution in [2.45, 2.75) is 77.6 Å². The highest BCUT2D eigenvalue weighted by Crippen LogP contribution is 2.07. The Balaban J connectivity index is 3.45. The first-order valence-electron chi connectivity index (χ1n) is 8.09. The van der Waals surface area contributed by atoms with Gasteiger partial charge in [0.2, 0.25) is 0 Å². The van der Waals surface area contributed by atoms with Gasteiger partial charge in [-0.3, -0.25) is 9.59 Å². The molecule has 0 rings (SSSR count). The summed E-state index contributed by atoms with van der Waals surface area (Å²) in [6.45, 7) is 2.73. The monoisotopic (exact) mass is 281 g/mol.